The Hall–Kier alpha value is -0.790. The minimum absolute atomic E-state index is 0.171. The quantitative estimate of drug-likeness (QED) is 0.590. The number of ketones is 1. The Morgan fingerprint density at radius 3 is 2.42 bits per heavy atom. The number of carbonyl (C=O) groups is 1. The first-order valence-electron chi connectivity index (χ1n) is 4.46. The third kappa shape index (κ3) is 0.637. The predicted octanol–water partition coefficient (Wildman–Crippen LogP) is 1.46. The number of nitrogens with two attached hydrogens (primary N) is 1. The van der Waals surface area contributed by atoms with Crippen molar-refractivity contribution in [1.29, 1.82) is 0 Å². The number of fused-ring (bicyclic) bond motifs is 1. The molecule has 0 heterocycles. The van der Waals surface area contributed by atoms with E-state index in [1.165, 1.54) is 0 Å². The molecule has 0 aliphatic heterocycles. The summed E-state index contributed by atoms with van der Waals surface area (Å²) < 4.78 is 0. The summed E-state index contributed by atoms with van der Waals surface area (Å²) in [6, 6.07) is 0. The van der Waals surface area contributed by atoms with Crippen LogP contribution in [0.3, 0.4) is 0 Å². The number of carbonyl (C=O) groups excluding carboxylic acids is 1. The average Bonchev–Trinajstić information content (AvgIpc) is 1.98. The summed E-state index contributed by atoms with van der Waals surface area (Å²) in [5.74, 6) is 0.936. The van der Waals surface area contributed by atoms with Gasteiger partial charge in [-0.05, 0) is 30.3 Å². The van der Waals surface area contributed by atoms with Crippen molar-refractivity contribution in [2.75, 3.05) is 0 Å². The maximum atomic E-state index is 11.6. The average molecular weight is 165 g/mol. The van der Waals surface area contributed by atoms with E-state index in [1.807, 2.05) is 6.92 Å². The second-order valence-electron chi connectivity index (χ2n) is 4.62. The minimum Gasteiger partial charge on any atom is -0.396 e. The molecule has 0 radical (unpaired) electrons. The maximum Gasteiger partial charge on any atom is 0.182 e. The monoisotopic (exact) mass is 165 g/mol. The van der Waals surface area contributed by atoms with Gasteiger partial charge in [-0.1, -0.05) is 13.8 Å². The van der Waals surface area contributed by atoms with E-state index >= 15 is 0 Å². The van der Waals surface area contributed by atoms with E-state index < -0.39 is 0 Å². The second kappa shape index (κ2) is 1.93. The zero-order chi connectivity index (χ0) is 9.09. The number of Topliss-reactive ketones (excluding diaryl/α,β-unsaturated/α-hetero) is 1. The van der Waals surface area contributed by atoms with Gasteiger partial charge >= 0.3 is 0 Å². The van der Waals surface area contributed by atoms with Crippen molar-refractivity contribution in [2.45, 2.75) is 27.2 Å². The number of allylic oxidation sites excluding steroid dienone is 2. The highest BCUT2D eigenvalue weighted by atomic mass is 16.1. The Labute approximate surface area is 72.8 Å². The van der Waals surface area contributed by atoms with Crippen molar-refractivity contribution in [1.82, 2.24) is 0 Å². The summed E-state index contributed by atoms with van der Waals surface area (Å²) in [7, 11) is 0. The lowest BCUT2D eigenvalue weighted by atomic mass is 9.48. The van der Waals surface area contributed by atoms with E-state index in [2.05, 4.69) is 13.8 Å². The van der Waals surface area contributed by atoms with Crippen molar-refractivity contribution < 1.29 is 4.79 Å². The summed E-state index contributed by atoms with van der Waals surface area (Å²) in [5, 5.41) is 0. The van der Waals surface area contributed by atoms with E-state index in [1.54, 1.807) is 0 Å². The molecule has 0 aromatic carbocycles. The topological polar surface area (TPSA) is 43.1 Å². The smallest absolute Gasteiger partial charge is 0.182 e. The zero-order valence-electron chi connectivity index (χ0n) is 7.85. The molecule has 3 aliphatic carbocycles. The van der Waals surface area contributed by atoms with Crippen LogP contribution in [0, 0.1) is 17.3 Å². The van der Waals surface area contributed by atoms with Crippen molar-refractivity contribution in [3.05, 3.63) is 11.3 Å². The normalized spacial score (nSPS) is 38.1. The van der Waals surface area contributed by atoms with Crippen molar-refractivity contribution in [3.63, 3.8) is 0 Å². The van der Waals surface area contributed by atoms with Gasteiger partial charge in [0.05, 0.1) is 5.70 Å². The van der Waals surface area contributed by atoms with Gasteiger partial charge in [-0.3, -0.25) is 4.79 Å². The van der Waals surface area contributed by atoms with Gasteiger partial charge in [0.1, 0.15) is 0 Å². The molecule has 1 saturated carbocycles. The van der Waals surface area contributed by atoms with E-state index in [4.69, 9.17) is 5.73 Å². The fourth-order valence-electron chi connectivity index (χ4n) is 2.67. The van der Waals surface area contributed by atoms with Crippen molar-refractivity contribution in [3.8, 4) is 0 Å². The standard InChI is InChI=1S/C10H15NO/c1-5-6-4-7(10(6,2)3)9(12)8(5)11/h6-7H,4,11H2,1-3H3/t6-,7+/m0/s1. The third-order valence-electron chi connectivity index (χ3n) is 3.80. The van der Waals surface area contributed by atoms with Gasteiger partial charge < -0.3 is 5.73 Å². The lowest BCUT2D eigenvalue weighted by Gasteiger charge is -2.55. The highest BCUT2D eigenvalue weighted by Gasteiger charge is 2.56. The fraction of sp³-hybridized carbons (Fsp3) is 0.700. The Morgan fingerprint density at radius 2 is 2.00 bits per heavy atom. The van der Waals surface area contributed by atoms with Crippen LogP contribution < -0.4 is 5.73 Å². The first kappa shape index (κ1) is 7.84. The van der Waals surface area contributed by atoms with Crippen molar-refractivity contribution >= 4 is 5.78 Å². The zero-order valence-corrected chi connectivity index (χ0v) is 7.85. The van der Waals surface area contributed by atoms with Crippen LogP contribution in [0.15, 0.2) is 11.3 Å². The van der Waals surface area contributed by atoms with E-state index in [9.17, 15) is 4.79 Å². The third-order valence-corrected chi connectivity index (χ3v) is 3.80. The molecule has 12 heavy (non-hydrogen) atoms. The molecule has 2 atom stereocenters. The van der Waals surface area contributed by atoms with E-state index in [0.717, 1.165) is 12.0 Å². The summed E-state index contributed by atoms with van der Waals surface area (Å²) in [5.41, 5.74) is 7.52. The molecule has 2 nitrogen and oxygen atoms in total. The van der Waals surface area contributed by atoms with Crippen LogP contribution in [0.5, 0.6) is 0 Å². The van der Waals surface area contributed by atoms with Crippen LogP contribution in [0.25, 0.3) is 0 Å². The number of hydrogen-bond acceptors (Lipinski definition) is 2. The highest BCUT2D eigenvalue weighted by molar-refractivity contribution is 6.00. The first-order valence-corrected chi connectivity index (χ1v) is 4.46. The van der Waals surface area contributed by atoms with Crippen LogP contribution in [0.2, 0.25) is 0 Å². The van der Waals surface area contributed by atoms with Gasteiger partial charge in [-0.25, -0.2) is 0 Å². The second-order valence-corrected chi connectivity index (χ2v) is 4.62. The van der Waals surface area contributed by atoms with Crippen LogP contribution in [0.1, 0.15) is 27.2 Å². The van der Waals surface area contributed by atoms with E-state index in [-0.39, 0.29) is 17.1 Å². The lowest BCUT2D eigenvalue weighted by Crippen LogP contribution is -2.54. The first-order chi connectivity index (χ1) is 5.46. The van der Waals surface area contributed by atoms with Crippen LogP contribution in [-0.2, 0) is 4.79 Å². The Morgan fingerprint density at radius 1 is 1.42 bits per heavy atom. The molecule has 0 saturated heterocycles. The molecule has 0 amide bonds. The molecule has 0 aromatic rings. The summed E-state index contributed by atoms with van der Waals surface area (Å²) >= 11 is 0. The van der Waals surface area contributed by atoms with Crippen LogP contribution in [0.4, 0.5) is 0 Å². The van der Waals surface area contributed by atoms with Gasteiger partial charge in [-0.2, -0.15) is 0 Å². The molecule has 3 aliphatic rings. The number of rotatable bonds is 0. The Bertz CT molecular complexity index is 288. The molecule has 2 heteroatoms. The molecule has 0 aromatic heterocycles. The van der Waals surface area contributed by atoms with E-state index in [0.29, 0.717) is 11.6 Å². The lowest BCUT2D eigenvalue weighted by molar-refractivity contribution is -0.135. The Kier molecular flexibility index (Phi) is 1.26. The molecule has 3 rings (SSSR count). The van der Waals surface area contributed by atoms with Gasteiger partial charge in [0.15, 0.2) is 5.78 Å². The summed E-state index contributed by atoms with van der Waals surface area (Å²) in [4.78, 5) is 11.6. The largest absolute Gasteiger partial charge is 0.396 e. The molecule has 2 bridgehead atoms. The molecule has 0 spiro atoms. The van der Waals surface area contributed by atoms with Gasteiger partial charge in [0, 0.05) is 5.92 Å². The molecule has 2 N–H and O–H groups in total. The molecule has 66 valence electrons. The van der Waals surface area contributed by atoms with Crippen molar-refractivity contribution in [2.24, 2.45) is 23.0 Å². The maximum absolute atomic E-state index is 11.6. The SMILES string of the molecule is CC1=C(N)C(=O)[C@H]2C[C@@H]1C2(C)C. The fourth-order valence-corrected chi connectivity index (χ4v) is 2.67. The molecular formula is C10H15NO. The molecule has 1 fully saturated rings. The summed E-state index contributed by atoms with van der Waals surface area (Å²) in [6.45, 7) is 6.33. The highest BCUT2D eigenvalue weighted by Crippen LogP contribution is 2.58. The van der Waals surface area contributed by atoms with Crippen LogP contribution in [-0.4, -0.2) is 5.78 Å². The molecule has 0 unspecified atom stereocenters. The Balaban J connectivity index is 2.48. The van der Waals surface area contributed by atoms with Crippen LogP contribution >= 0.6 is 0 Å². The minimum atomic E-state index is 0.171. The van der Waals surface area contributed by atoms with Gasteiger partial charge in [0.2, 0.25) is 0 Å². The molecular weight excluding hydrogens is 150 g/mol. The van der Waals surface area contributed by atoms with Gasteiger partial charge in [-0.15, -0.1) is 0 Å². The van der Waals surface area contributed by atoms with Gasteiger partial charge in [0.25, 0.3) is 0 Å². The summed E-state index contributed by atoms with van der Waals surface area (Å²) in [6.07, 6.45) is 1.03. The predicted molar refractivity (Wildman–Crippen MR) is 47.3 cm³/mol. The number of hydrogen-bond donors (Lipinski definition) is 1.